The summed E-state index contributed by atoms with van der Waals surface area (Å²) >= 11 is 1.58. The fraction of sp³-hybridized carbons (Fsp3) is 0.333. The highest BCUT2D eigenvalue weighted by Gasteiger charge is 1.92. The van der Waals surface area contributed by atoms with E-state index in [0.29, 0.717) is 0 Å². The van der Waals surface area contributed by atoms with Gasteiger partial charge in [0.15, 0.2) is 0 Å². The lowest BCUT2D eigenvalue weighted by Crippen LogP contribution is -1.93. The maximum Gasteiger partial charge on any atom is 0.145 e. The van der Waals surface area contributed by atoms with Crippen LogP contribution >= 0.6 is 11.8 Å². The van der Waals surface area contributed by atoms with Crippen molar-refractivity contribution < 1.29 is 0 Å². The molecule has 3 nitrogen and oxygen atoms in total. The summed E-state index contributed by atoms with van der Waals surface area (Å²) in [7, 11) is 1.83. The van der Waals surface area contributed by atoms with Crippen LogP contribution in [0.15, 0.2) is 17.4 Å². The SMILES string of the molecule is CNc1cncc(SC)n1. The molecule has 0 saturated carbocycles. The van der Waals surface area contributed by atoms with Gasteiger partial charge in [-0.3, -0.25) is 4.98 Å². The Morgan fingerprint density at radius 1 is 1.50 bits per heavy atom. The second kappa shape index (κ2) is 3.41. The first-order valence-electron chi connectivity index (χ1n) is 2.90. The number of hydrogen-bond donors (Lipinski definition) is 1. The second-order valence-electron chi connectivity index (χ2n) is 1.70. The van der Waals surface area contributed by atoms with Crippen LogP contribution in [0.3, 0.4) is 0 Å². The van der Waals surface area contributed by atoms with Gasteiger partial charge < -0.3 is 5.32 Å². The van der Waals surface area contributed by atoms with Crippen molar-refractivity contribution in [3.8, 4) is 0 Å². The second-order valence-corrected chi connectivity index (χ2v) is 2.52. The molecule has 0 spiro atoms. The topological polar surface area (TPSA) is 37.8 Å². The van der Waals surface area contributed by atoms with E-state index >= 15 is 0 Å². The Balaban J connectivity index is 2.87. The Morgan fingerprint density at radius 3 is 2.90 bits per heavy atom. The quantitative estimate of drug-likeness (QED) is 0.652. The molecular formula is C6H9N3S. The van der Waals surface area contributed by atoms with Crippen molar-refractivity contribution in [3.05, 3.63) is 12.4 Å². The van der Waals surface area contributed by atoms with Gasteiger partial charge in [-0.15, -0.1) is 11.8 Å². The number of nitrogens with zero attached hydrogens (tertiary/aromatic N) is 2. The number of thioether (sulfide) groups is 1. The van der Waals surface area contributed by atoms with Gasteiger partial charge in [0, 0.05) is 7.05 Å². The zero-order valence-electron chi connectivity index (χ0n) is 5.96. The number of nitrogens with one attached hydrogen (secondary N) is 1. The van der Waals surface area contributed by atoms with Gasteiger partial charge in [0.25, 0.3) is 0 Å². The molecule has 0 amide bonds. The van der Waals surface area contributed by atoms with E-state index in [9.17, 15) is 0 Å². The highest BCUT2D eigenvalue weighted by molar-refractivity contribution is 7.98. The summed E-state index contributed by atoms with van der Waals surface area (Å²) in [6.45, 7) is 0. The lowest BCUT2D eigenvalue weighted by molar-refractivity contribution is 1.06. The van der Waals surface area contributed by atoms with Gasteiger partial charge in [-0.05, 0) is 6.26 Å². The zero-order chi connectivity index (χ0) is 7.40. The van der Waals surface area contributed by atoms with Crippen LogP contribution in [0.4, 0.5) is 5.82 Å². The summed E-state index contributed by atoms with van der Waals surface area (Å²) in [4.78, 5) is 8.18. The van der Waals surface area contributed by atoms with E-state index in [1.807, 2.05) is 13.3 Å². The molecule has 4 heteroatoms. The maximum atomic E-state index is 4.20. The lowest BCUT2D eigenvalue weighted by atomic mass is 10.7. The minimum Gasteiger partial charge on any atom is -0.372 e. The van der Waals surface area contributed by atoms with Crippen LogP contribution < -0.4 is 5.32 Å². The fourth-order valence-electron chi connectivity index (χ4n) is 0.567. The number of hydrogen-bond acceptors (Lipinski definition) is 4. The van der Waals surface area contributed by atoms with Crippen LogP contribution in [-0.2, 0) is 0 Å². The van der Waals surface area contributed by atoms with Crippen LogP contribution in [0.5, 0.6) is 0 Å². The van der Waals surface area contributed by atoms with Gasteiger partial charge >= 0.3 is 0 Å². The molecule has 0 aliphatic carbocycles. The Bertz CT molecular complexity index is 195. The Kier molecular flexibility index (Phi) is 2.50. The molecule has 0 aliphatic heterocycles. The lowest BCUT2D eigenvalue weighted by Gasteiger charge is -1.98. The third kappa shape index (κ3) is 1.60. The van der Waals surface area contributed by atoms with E-state index in [4.69, 9.17) is 0 Å². The van der Waals surface area contributed by atoms with E-state index < -0.39 is 0 Å². The molecule has 10 heavy (non-hydrogen) atoms. The van der Waals surface area contributed by atoms with Crippen LogP contribution in [0.25, 0.3) is 0 Å². The fourth-order valence-corrected chi connectivity index (χ4v) is 0.923. The van der Waals surface area contributed by atoms with Crippen molar-refractivity contribution in [3.63, 3.8) is 0 Å². The van der Waals surface area contributed by atoms with Crippen LogP contribution in [0.2, 0.25) is 0 Å². The normalized spacial score (nSPS) is 9.40. The first-order chi connectivity index (χ1) is 4.86. The predicted molar refractivity (Wildman–Crippen MR) is 43.4 cm³/mol. The van der Waals surface area contributed by atoms with Gasteiger partial charge in [-0.2, -0.15) is 0 Å². The third-order valence-corrected chi connectivity index (χ3v) is 1.69. The Hall–Kier alpha value is -0.770. The maximum absolute atomic E-state index is 4.20. The third-order valence-electron chi connectivity index (χ3n) is 1.08. The first-order valence-corrected chi connectivity index (χ1v) is 4.13. The number of anilines is 1. The van der Waals surface area contributed by atoms with Gasteiger partial charge in [0.1, 0.15) is 10.8 Å². The van der Waals surface area contributed by atoms with Gasteiger partial charge in [0.2, 0.25) is 0 Å². The molecular weight excluding hydrogens is 146 g/mol. The summed E-state index contributed by atoms with van der Waals surface area (Å²) in [6.07, 6.45) is 5.41. The Labute approximate surface area is 64.3 Å². The molecule has 0 radical (unpaired) electrons. The monoisotopic (exact) mass is 155 g/mol. The van der Waals surface area contributed by atoms with E-state index in [-0.39, 0.29) is 0 Å². The molecule has 0 aliphatic rings. The summed E-state index contributed by atoms with van der Waals surface area (Å²) in [6, 6.07) is 0. The molecule has 0 bridgehead atoms. The van der Waals surface area contributed by atoms with Crippen molar-refractivity contribution >= 4 is 17.6 Å². The van der Waals surface area contributed by atoms with Gasteiger partial charge in [-0.25, -0.2) is 4.98 Å². The van der Waals surface area contributed by atoms with E-state index in [1.165, 1.54) is 0 Å². The summed E-state index contributed by atoms with van der Waals surface area (Å²) in [5.74, 6) is 0.812. The van der Waals surface area contributed by atoms with Crippen molar-refractivity contribution in [2.45, 2.75) is 5.03 Å². The number of aromatic nitrogens is 2. The summed E-state index contributed by atoms with van der Waals surface area (Å²) in [5.41, 5.74) is 0. The van der Waals surface area contributed by atoms with Crippen LogP contribution in [0.1, 0.15) is 0 Å². The highest BCUT2D eigenvalue weighted by atomic mass is 32.2. The van der Waals surface area contributed by atoms with Crippen molar-refractivity contribution in [1.29, 1.82) is 0 Å². The Morgan fingerprint density at radius 2 is 2.30 bits per heavy atom. The minimum absolute atomic E-state index is 0.812. The molecule has 1 heterocycles. The van der Waals surface area contributed by atoms with Crippen LogP contribution in [-0.4, -0.2) is 23.3 Å². The first kappa shape index (κ1) is 7.34. The highest BCUT2D eigenvalue weighted by Crippen LogP contribution is 2.10. The molecule has 0 unspecified atom stereocenters. The van der Waals surface area contributed by atoms with Crippen molar-refractivity contribution in [1.82, 2.24) is 9.97 Å². The van der Waals surface area contributed by atoms with Crippen LogP contribution in [0, 0.1) is 0 Å². The van der Waals surface area contributed by atoms with Crippen molar-refractivity contribution in [2.75, 3.05) is 18.6 Å². The summed E-state index contributed by atoms with van der Waals surface area (Å²) < 4.78 is 0. The van der Waals surface area contributed by atoms with Gasteiger partial charge in [-0.1, -0.05) is 0 Å². The molecule has 1 rings (SSSR count). The molecule has 1 aromatic rings. The molecule has 0 fully saturated rings. The molecule has 0 aromatic carbocycles. The molecule has 0 saturated heterocycles. The average Bonchev–Trinajstić information content (AvgIpc) is 2.05. The molecule has 0 atom stereocenters. The van der Waals surface area contributed by atoms with E-state index in [1.54, 1.807) is 24.2 Å². The van der Waals surface area contributed by atoms with Gasteiger partial charge in [0.05, 0.1) is 12.4 Å². The predicted octanol–water partition coefficient (Wildman–Crippen LogP) is 1.24. The molecule has 54 valence electrons. The molecule has 1 N–H and O–H groups in total. The van der Waals surface area contributed by atoms with E-state index in [2.05, 4.69) is 15.3 Å². The van der Waals surface area contributed by atoms with Crippen molar-refractivity contribution in [2.24, 2.45) is 0 Å². The number of rotatable bonds is 2. The standard InChI is InChI=1S/C6H9N3S/c1-7-5-3-8-4-6(9-5)10-2/h3-4H,1-2H3,(H,7,9). The smallest absolute Gasteiger partial charge is 0.145 e. The zero-order valence-corrected chi connectivity index (χ0v) is 6.77. The minimum atomic E-state index is 0.812. The molecule has 1 aromatic heterocycles. The van der Waals surface area contributed by atoms with E-state index in [0.717, 1.165) is 10.8 Å². The average molecular weight is 155 g/mol. The largest absolute Gasteiger partial charge is 0.372 e. The summed E-state index contributed by atoms with van der Waals surface area (Å²) in [5, 5.41) is 3.85.